The van der Waals surface area contributed by atoms with Crippen LogP contribution in [0.1, 0.15) is 17.5 Å². The predicted molar refractivity (Wildman–Crippen MR) is 54.4 cm³/mol. The lowest BCUT2D eigenvalue weighted by Gasteiger charge is -2.15. The summed E-state index contributed by atoms with van der Waals surface area (Å²) in [6.45, 7) is 4.21. The van der Waals surface area contributed by atoms with Crippen LogP contribution in [0.25, 0.3) is 5.57 Å². The van der Waals surface area contributed by atoms with Crippen LogP contribution in [0.5, 0.6) is 0 Å². The zero-order chi connectivity index (χ0) is 9.10. The Kier molecular flexibility index (Phi) is 2.41. The average Bonchev–Trinajstić information content (AvgIpc) is 2.20. The molecule has 1 aromatic rings. The monoisotopic (exact) mass is 174 g/mol. The first kappa shape index (κ1) is 8.45. The molecule has 0 unspecified atom stereocenters. The lowest BCUT2D eigenvalue weighted by atomic mass is 9.98. The van der Waals surface area contributed by atoms with Gasteiger partial charge in [0.1, 0.15) is 0 Å². The molecule has 2 nitrogen and oxygen atoms in total. The number of nitrogens with one attached hydrogen (secondary N) is 1. The van der Waals surface area contributed by atoms with E-state index in [1.54, 1.807) is 0 Å². The quantitative estimate of drug-likeness (QED) is 0.701. The molecule has 0 aromatic carbocycles. The van der Waals surface area contributed by atoms with Gasteiger partial charge in [0, 0.05) is 18.9 Å². The molecule has 1 aromatic heterocycles. The van der Waals surface area contributed by atoms with E-state index in [1.807, 2.05) is 12.4 Å². The third-order valence-electron chi connectivity index (χ3n) is 2.45. The number of pyridine rings is 1. The molecular formula is C11H14N2. The van der Waals surface area contributed by atoms with Gasteiger partial charge in [-0.3, -0.25) is 4.98 Å². The Morgan fingerprint density at radius 2 is 2.38 bits per heavy atom. The van der Waals surface area contributed by atoms with Crippen molar-refractivity contribution in [2.45, 2.75) is 13.3 Å². The lowest BCUT2D eigenvalue weighted by Crippen LogP contribution is -2.20. The van der Waals surface area contributed by atoms with Crippen LogP contribution in [0, 0.1) is 6.92 Å². The van der Waals surface area contributed by atoms with Crippen molar-refractivity contribution in [1.82, 2.24) is 10.3 Å². The highest BCUT2D eigenvalue weighted by Gasteiger charge is 2.07. The fourth-order valence-corrected chi connectivity index (χ4v) is 1.67. The molecule has 1 aliphatic heterocycles. The van der Waals surface area contributed by atoms with E-state index < -0.39 is 0 Å². The summed E-state index contributed by atoms with van der Waals surface area (Å²) >= 11 is 0. The second kappa shape index (κ2) is 3.71. The van der Waals surface area contributed by atoms with E-state index in [0.29, 0.717) is 0 Å². The van der Waals surface area contributed by atoms with Crippen LogP contribution in [0.15, 0.2) is 24.5 Å². The maximum Gasteiger partial charge on any atom is 0.0345 e. The highest BCUT2D eigenvalue weighted by Crippen LogP contribution is 2.21. The van der Waals surface area contributed by atoms with Gasteiger partial charge in [0.05, 0.1) is 0 Å². The summed E-state index contributed by atoms with van der Waals surface area (Å²) in [4.78, 5) is 4.16. The van der Waals surface area contributed by atoms with Gasteiger partial charge in [0.25, 0.3) is 0 Å². The molecule has 0 saturated carbocycles. The molecule has 0 fully saturated rings. The number of aromatic nitrogens is 1. The standard InChI is InChI=1S/C11H14N2/c1-9-2-5-13-8-11(9)10-3-6-12-7-4-10/h2-3,5,8,12H,4,6-7H2,1H3. The Balaban J connectivity index is 2.34. The maximum absolute atomic E-state index is 4.16. The van der Waals surface area contributed by atoms with E-state index in [2.05, 4.69) is 29.4 Å². The Labute approximate surface area is 78.7 Å². The zero-order valence-corrected chi connectivity index (χ0v) is 7.88. The van der Waals surface area contributed by atoms with Crippen LogP contribution < -0.4 is 5.32 Å². The molecule has 13 heavy (non-hydrogen) atoms. The molecule has 1 N–H and O–H groups in total. The van der Waals surface area contributed by atoms with Crippen LogP contribution >= 0.6 is 0 Å². The van der Waals surface area contributed by atoms with Crippen molar-refractivity contribution < 1.29 is 0 Å². The fraction of sp³-hybridized carbons (Fsp3) is 0.364. The molecule has 0 aliphatic carbocycles. The largest absolute Gasteiger partial charge is 0.313 e. The van der Waals surface area contributed by atoms with Crippen LogP contribution in [0.2, 0.25) is 0 Å². The molecule has 2 heterocycles. The van der Waals surface area contributed by atoms with Gasteiger partial charge >= 0.3 is 0 Å². The third-order valence-corrected chi connectivity index (χ3v) is 2.45. The minimum absolute atomic E-state index is 0.990. The van der Waals surface area contributed by atoms with Crippen molar-refractivity contribution >= 4 is 5.57 Å². The zero-order valence-electron chi connectivity index (χ0n) is 7.88. The summed E-state index contributed by atoms with van der Waals surface area (Å²) in [5.41, 5.74) is 4.07. The number of rotatable bonds is 1. The third kappa shape index (κ3) is 1.78. The number of aryl methyl sites for hydroxylation is 1. The summed E-state index contributed by atoms with van der Waals surface area (Å²) < 4.78 is 0. The van der Waals surface area contributed by atoms with Gasteiger partial charge in [-0.05, 0) is 42.7 Å². The molecular weight excluding hydrogens is 160 g/mol. The normalized spacial score (nSPS) is 16.8. The number of hydrogen-bond acceptors (Lipinski definition) is 2. The Morgan fingerprint density at radius 3 is 3.08 bits per heavy atom. The van der Waals surface area contributed by atoms with E-state index in [-0.39, 0.29) is 0 Å². The summed E-state index contributed by atoms with van der Waals surface area (Å²) in [6.07, 6.45) is 7.19. The van der Waals surface area contributed by atoms with Crippen LogP contribution in [0.3, 0.4) is 0 Å². The Bertz CT molecular complexity index is 329. The van der Waals surface area contributed by atoms with Crippen molar-refractivity contribution in [3.05, 3.63) is 35.7 Å². The molecule has 0 bridgehead atoms. The molecule has 0 spiro atoms. The first-order chi connectivity index (χ1) is 6.38. The predicted octanol–water partition coefficient (Wildman–Crippen LogP) is 1.77. The fourth-order valence-electron chi connectivity index (χ4n) is 1.67. The van der Waals surface area contributed by atoms with Crippen LogP contribution in [-0.2, 0) is 0 Å². The second-order valence-electron chi connectivity index (χ2n) is 3.37. The van der Waals surface area contributed by atoms with Gasteiger partial charge in [-0.1, -0.05) is 6.08 Å². The molecule has 2 rings (SSSR count). The van der Waals surface area contributed by atoms with Crippen molar-refractivity contribution in [3.8, 4) is 0 Å². The highest BCUT2D eigenvalue weighted by atomic mass is 14.8. The SMILES string of the molecule is Cc1ccncc1C1=CCNCC1. The minimum Gasteiger partial charge on any atom is -0.313 e. The van der Waals surface area contributed by atoms with Gasteiger partial charge < -0.3 is 5.32 Å². The molecule has 2 heteroatoms. The second-order valence-corrected chi connectivity index (χ2v) is 3.37. The average molecular weight is 174 g/mol. The Hall–Kier alpha value is -1.15. The molecule has 0 amide bonds. The number of nitrogens with zero attached hydrogens (tertiary/aromatic N) is 1. The topological polar surface area (TPSA) is 24.9 Å². The highest BCUT2D eigenvalue weighted by molar-refractivity contribution is 5.68. The van der Waals surface area contributed by atoms with Gasteiger partial charge in [-0.25, -0.2) is 0 Å². The summed E-state index contributed by atoms with van der Waals surface area (Å²) in [5.74, 6) is 0. The lowest BCUT2D eigenvalue weighted by molar-refractivity contribution is 0.738. The minimum atomic E-state index is 0.990. The molecule has 68 valence electrons. The van der Waals surface area contributed by atoms with Gasteiger partial charge in [0.15, 0.2) is 0 Å². The van der Waals surface area contributed by atoms with E-state index in [0.717, 1.165) is 19.5 Å². The van der Waals surface area contributed by atoms with Gasteiger partial charge in [0.2, 0.25) is 0 Å². The summed E-state index contributed by atoms with van der Waals surface area (Å²) in [6, 6.07) is 2.07. The van der Waals surface area contributed by atoms with Crippen LogP contribution in [-0.4, -0.2) is 18.1 Å². The van der Waals surface area contributed by atoms with Gasteiger partial charge in [-0.15, -0.1) is 0 Å². The summed E-state index contributed by atoms with van der Waals surface area (Å²) in [5, 5.41) is 3.31. The first-order valence-corrected chi connectivity index (χ1v) is 4.68. The molecule has 1 aliphatic rings. The van der Waals surface area contributed by atoms with Crippen molar-refractivity contribution in [2.75, 3.05) is 13.1 Å². The summed E-state index contributed by atoms with van der Waals surface area (Å²) in [7, 11) is 0. The Morgan fingerprint density at radius 1 is 1.46 bits per heavy atom. The van der Waals surface area contributed by atoms with Crippen molar-refractivity contribution in [1.29, 1.82) is 0 Å². The van der Waals surface area contributed by atoms with E-state index in [1.165, 1.54) is 16.7 Å². The van der Waals surface area contributed by atoms with E-state index >= 15 is 0 Å². The van der Waals surface area contributed by atoms with Crippen LogP contribution in [0.4, 0.5) is 0 Å². The number of hydrogen-bond donors (Lipinski definition) is 1. The van der Waals surface area contributed by atoms with Crippen molar-refractivity contribution in [3.63, 3.8) is 0 Å². The van der Waals surface area contributed by atoms with E-state index in [4.69, 9.17) is 0 Å². The maximum atomic E-state index is 4.16. The molecule has 0 saturated heterocycles. The molecule has 0 radical (unpaired) electrons. The molecule has 0 atom stereocenters. The smallest absolute Gasteiger partial charge is 0.0345 e. The van der Waals surface area contributed by atoms with Crippen molar-refractivity contribution in [2.24, 2.45) is 0 Å². The van der Waals surface area contributed by atoms with Gasteiger partial charge in [-0.2, -0.15) is 0 Å². The van der Waals surface area contributed by atoms with E-state index in [9.17, 15) is 0 Å². The first-order valence-electron chi connectivity index (χ1n) is 4.68.